The van der Waals surface area contributed by atoms with Crippen LogP contribution in [0, 0.1) is 35.5 Å². The van der Waals surface area contributed by atoms with Gasteiger partial charge in [-0.25, -0.2) is 0 Å². The summed E-state index contributed by atoms with van der Waals surface area (Å²) in [5, 5.41) is -0.500. The molecular formula is C12H8O4S2. The Morgan fingerprint density at radius 2 is 0.889 bits per heavy atom. The maximum absolute atomic E-state index is 11.9. The van der Waals surface area contributed by atoms with Crippen LogP contribution in [-0.4, -0.2) is 20.5 Å². The highest BCUT2D eigenvalue weighted by atomic mass is 32.2. The largest absolute Gasteiger partial charge is 0.286 e. The first kappa shape index (κ1) is 11.0. The Bertz CT molecular complexity index is 464. The summed E-state index contributed by atoms with van der Waals surface area (Å²) in [4.78, 5) is 47.6. The molecule has 3 fully saturated rings. The number of hydrogen-bond donors (Lipinski definition) is 0. The molecule has 5 aliphatic rings. The molecule has 0 amide bonds. The van der Waals surface area contributed by atoms with E-state index in [9.17, 15) is 19.2 Å². The SMILES string of the molecule is O=C1SC(=O)C2C3C=CC(C12)C1C(=O)SC(=O)C31. The van der Waals surface area contributed by atoms with Gasteiger partial charge in [-0.15, -0.1) is 0 Å². The molecule has 2 heterocycles. The lowest BCUT2D eigenvalue weighted by molar-refractivity contribution is -0.137. The molecule has 92 valence electrons. The van der Waals surface area contributed by atoms with Crippen molar-refractivity contribution in [2.45, 2.75) is 0 Å². The van der Waals surface area contributed by atoms with E-state index in [2.05, 4.69) is 0 Å². The van der Waals surface area contributed by atoms with Crippen molar-refractivity contribution in [3.8, 4) is 0 Å². The molecule has 2 saturated heterocycles. The molecule has 0 spiro atoms. The van der Waals surface area contributed by atoms with Gasteiger partial charge in [0.05, 0.1) is 0 Å². The van der Waals surface area contributed by atoms with E-state index in [1.165, 1.54) is 0 Å². The summed E-state index contributed by atoms with van der Waals surface area (Å²) in [6.45, 7) is 0. The fourth-order valence-electron chi connectivity index (χ4n) is 3.83. The van der Waals surface area contributed by atoms with E-state index < -0.39 is 0 Å². The summed E-state index contributed by atoms with van der Waals surface area (Å²) in [7, 11) is 0. The van der Waals surface area contributed by atoms with Crippen molar-refractivity contribution in [3.05, 3.63) is 12.2 Å². The van der Waals surface area contributed by atoms with E-state index in [1.54, 1.807) is 0 Å². The van der Waals surface area contributed by atoms with Crippen molar-refractivity contribution in [1.29, 1.82) is 0 Å². The lowest BCUT2D eigenvalue weighted by atomic mass is 9.54. The minimum Gasteiger partial charge on any atom is -0.286 e. The first-order chi connectivity index (χ1) is 8.59. The zero-order valence-corrected chi connectivity index (χ0v) is 10.7. The Labute approximate surface area is 111 Å². The van der Waals surface area contributed by atoms with E-state index in [1.807, 2.05) is 12.2 Å². The minimum atomic E-state index is -0.380. The van der Waals surface area contributed by atoms with Crippen molar-refractivity contribution in [2.75, 3.05) is 0 Å². The molecule has 1 saturated carbocycles. The average molecular weight is 280 g/mol. The Hall–Kier alpha value is -0.880. The summed E-state index contributed by atoms with van der Waals surface area (Å²) in [6, 6.07) is 0. The van der Waals surface area contributed by atoms with Gasteiger partial charge in [0.25, 0.3) is 0 Å². The second-order valence-electron chi connectivity index (χ2n) is 5.12. The number of allylic oxidation sites excluding steroid dienone is 2. The monoisotopic (exact) mass is 280 g/mol. The highest BCUT2D eigenvalue weighted by molar-refractivity contribution is 8.27. The second-order valence-corrected chi connectivity index (χ2v) is 7.14. The van der Waals surface area contributed by atoms with Crippen molar-refractivity contribution in [3.63, 3.8) is 0 Å². The van der Waals surface area contributed by atoms with Gasteiger partial charge in [-0.05, 0) is 35.4 Å². The van der Waals surface area contributed by atoms with Crippen LogP contribution in [0.15, 0.2) is 12.2 Å². The number of carbonyl (C=O) groups is 4. The van der Waals surface area contributed by atoms with Gasteiger partial charge in [-0.3, -0.25) is 19.2 Å². The van der Waals surface area contributed by atoms with Gasteiger partial charge in [-0.2, -0.15) is 0 Å². The van der Waals surface area contributed by atoms with Crippen molar-refractivity contribution >= 4 is 44.0 Å². The topological polar surface area (TPSA) is 68.3 Å². The zero-order valence-electron chi connectivity index (χ0n) is 9.07. The summed E-state index contributed by atoms with van der Waals surface area (Å²) in [5.41, 5.74) is 0. The van der Waals surface area contributed by atoms with Crippen LogP contribution in [0.4, 0.5) is 0 Å². The molecule has 6 heteroatoms. The Balaban J connectivity index is 1.88. The standard InChI is InChI=1S/C12H8O4S2/c13-9-5-3-1-2-4(7(5)11(15)17-9)8-6(3)10(14)18-12(8)16/h1-8H. The maximum atomic E-state index is 11.9. The summed E-state index contributed by atoms with van der Waals surface area (Å²) in [5.74, 6) is -2.02. The Morgan fingerprint density at radius 1 is 0.611 bits per heavy atom. The number of carbonyl (C=O) groups excluding carboxylic acids is 4. The lowest BCUT2D eigenvalue weighted by Crippen LogP contribution is -2.50. The number of hydrogen-bond acceptors (Lipinski definition) is 6. The van der Waals surface area contributed by atoms with E-state index in [0.717, 1.165) is 23.5 Å². The molecule has 18 heavy (non-hydrogen) atoms. The number of thioether (sulfide) groups is 2. The molecule has 0 N–H and O–H groups in total. The maximum Gasteiger partial charge on any atom is 0.200 e. The van der Waals surface area contributed by atoms with E-state index in [4.69, 9.17) is 0 Å². The van der Waals surface area contributed by atoms with E-state index in [0.29, 0.717) is 0 Å². The second kappa shape index (κ2) is 3.36. The van der Waals surface area contributed by atoms with Gasteiger partial charge in [0.1, 0.15) is 0 Å². The van der Waals surface area contributed by atoms with Crippen molar-refractivity contribution in [2.24, 2.45) is 35.5 Å². The smallest absolute Gasteiger partial charge is 0.200 e. The van der Waals surface area contributed by atoms with Crippen LogP contribution in [0.5, 0.6) is 0 Å². The first-order valence-corrected chi connectivity index (χ1v) is 7.42. The van der Waals surface area contributed by atoms with Crippen LogP contribution in [0.3, 0.4) is 0 Å². The quantitative estimate of drug-likeness (QED) is 0.613. The normalized spacial score (nSPS) is 48.9. The number of rotatable bonds is 0. The molecule has 3 aliphatic carbocycles. The fraction of sp³-hybridized carbons (Fsp3) is 0.500. The van der Waals surface area contributed by atoms with Crippen LogP contribution in [0.25, 0.3) is 0 Å². The van der Waals surface area contributed by atoms with E-state index >= 15 is 0 Å². The highest BCUT2D eigenvalue weighted by Gasteiger charge is 2.65. The molecular weight excluding hydrogens is 272 g/mol. The first-order valence-electron chi connectivity index (χ1n) is 5.79. The molecule has 4 atom stereocenters. The predicted octanol–water partition coefficient (Wildman–Crippen LogP) is 0.867. The lowest BCUT2D eigenvalue weighted by Gasteiger charge is -2.45. The fourth-order valence-corrected chi connectivity index (χ4v) is 5.98. The average Bonchev–Trinajstić information content (AvgIpc) is 2.81. The molecule has 0 radical (unpaired) electrons. The van der Waals surface area contributed by atoms with Crippen LogP contribution in [-0.2, 0) is 19.2 Å². The predicted molar refractivity (Wildman–Crippen MR) is 65.3 cm³/mol. The third-order valence-corrected chi connectivity index (χ3v) is 6.37. The van der Waals surface area contributed by atoms with Gasteiger partial charge in [0, 0.05) is 23.7 Å². The third kappa shape index (κ3) is 1.11. The highest BCUT2D eigenvalue weighted by Crippen LogP contribution is 2.60. The minimum absolute atomic E-state index is 0.125. The summed E-state index contributed by atoms with van der Waals surface area (Å²) < 4.78 is 0. The molecule has 2 bridgehead atoms. The molecule has 4 unspecified atom stereocenters. The summed E-state index contributed by atoms with van der Waals surface area (Å²) >= 11 is 1.53. The molecule has 0 aromatic heterocycles. The van der Waals surface area contributed by atoms with Crippen molar-refractivity contribution < 1.29 is 19.2 Å². The van der Waals surface area contributed by atoms with Crippen LogP contribution in [0.1, 0.15) is 0 Å². The van der Waals surface area contributed by atoms with Gasteiger partial charge in [0.2, 0.25) is 20.5 Å². The summed E-state index contributed by atoms with van der Waals surface area (Å²) in [6.07, 6.45) is 3.75. The van der Waals surface area contributed by atoms with Gasteiger partial charge in [-0.1, -0.05) is 12.2 Å². The van der Waals surface area contributed by atoms with E-state index in [-0.39, 0.29) is 56.0 Å². The Morgan fingerprint density at radius 3 is 1.17 bits per heavy atom. The van der Waals surface area contributed by atoms with Gasteiger partial charge < -0.3 is 0 Å². The van der Waals surface area contributed by atoms with Crippen molar-refractivity contribution in [1.82, 2.24) is 0 Å². The molecule has 5 rings (SSSR count). The Kier molecular flexibility index (Phi) is 2.05. The van der Waals surface area contributed by atoms with Gasteiger partial charge >= 0.3 is 0 Å². The molecule has 0 aromatic rings. The molecule has 2 aliphatic heterocycles. The third-order valence-electron chi connectivity index (χ3n) is 4.48. The zero-order chi connectivity index (χ0) is 12.6. The molecule has 0 aromatic carbocycles. The van der Waals surface area contributed by atoms with Crippen LogP contribution in [0.2, 0.25) is 0 Å². The van der Waals surface area contributed by atoms with Gasteiger partial charge in [0.15, 0.2) is 0 Å². The van der Waals surface area contributed by atoms with Crippen LogP contribution < -0.4 is 0 Å². The molecule has 4 nitrogen and oxygen atoms in total. The van der Waals surface area contributed by atoms with Crippen LogP contribution >= 0.6 is 23.5 Å².